The van der Waals surface area contributed by atoms with Gasteiger partial charge in [0.1, 0.15) is 0 Å². The van der Waals surface area contributed by atoms with Crippen LogP contribution in [0.25, 0.3) is 11.0 Å². The predicted molar refractivity (Wildman–Crippen MR) is 87.2 cm³/mol. The fourth-order valence-electron chi connectivity index (χ4n) is 2.60. The Balaban J connectivity index is 2.57. The van der Waals surface area contributed by atoms with Crippen LogP contribution in [0.1, 0.15) is 38.3 Å². The summed E-state index contributed by atoms with van der Waals surface area (Å²) in [6.45, 7) is 5.34. The minimum absolute atomic E-state index is 0.0126. The lowest BCUT2D eigenvalue weighted by Gasteiger charge is -2.19. The predicted octanol–water partition coefficient (Wildman–Crippen LogP) is 3.09. The van der Waals surface area contributed by atoms with E-state index in [0.29, 0.717) is 6.04 Å². The van der Waals surface area contributed by atoms with Gasteiger partial charge in [0.05, 0.1) is 11.0 Å². The monoisotopic (exact) mass is 339 g/mol. The molecule has 1 heterocycles. The van der Waals surface area contributed by atoms with Crippen LogP contribution < -0.4 is 11.0 Å². The molecule has 1 N–H and O–H groups in total. The molecule has 2 rings (SSSR count). The minimum Gasteiger partial charge on any atom is -0.310 e. The smallest absolute Gasteiger partial charge is 0.310 e. The largest absolute Gasteiger partial charge is 0.328 e. The van der Waals surface area contributed by atoms with Gasteiger partial charge in [-0.1, -0.05) is 29.8 Å². The summed E-state index contributed by atoms with van der Waals surface area (Å²) in [5.74, 6) is 0. The fourth-order valence-corrected chi connectivity index (χ4v) is 3.20. The van der Waals surface area contributed by atoms with Crippen LogP contribution in [-0.4, -0.2) is 15.7 Å². The first-order chi connectivity index (χ1) is 9.51. The van der Waals surface area contributed by atoms with E-state index in [1.54, 1.807) is 9.13 Å². The molecule has 110 valence electrons. The number of rotatable bonds is 5. The summed E-state index contributed by atoms with van der Waals surface area (Å²) in [7, 11) is 3.63. The molecular weight excluding hydrogens is 318 g/mol. The minimum atomic E-state index is 0.0126. The highest BCUT2D eigenvalue weighted by Gasteiger charge is 2.16. The van der Waals surface area contributed by atoms with Gasteiger partial charge in [0, 0.05) is 24.6 Å². The number of nitrogens with one attached hydrogen (secondary N) is 1. The fraction of sp³-hybridized carbons (Fsp3) is 0.533. The van der Waals surface area contributed by atoms with Gasteiger partial charge in [-0.3, -0.25) is 9.13 Å². The van der Waals surface area contributed by atoms with E-state index in [1.165, 1.54) is 5.56 Å². The van der Waals surface area contributed by atoms with Crippen molar-refractivity contribution in [3.05, 3.63) is 32.7 Å². The van der Waals surface area contributed by atoms with Crippen molar-refractivity contribution < 1.29 is 0 Å². The van der Waals surface area contributed by atoms with Gasteiger partial charge >= 0.3 is 5.69 Å². The van der Waals surface area contributed by atoms with Gasteiger partial charge in [0.2, 0.25) is 0 Å². The molecule has 1 aromatic carbocycles. The maximum absolute atomic E-state index is 12.0. The van der Waals surface area contributed by atoms with Crippen molar-refractivity contribution in [3.63, 3.8) is 0 Å². The Hall–Kier alpha value is -1.07. The van der Waals surface area contributed by atoms with Crippen LogP contribution in [0.5, 0.6) is 0 Å². The van der Waals surface area contributed by atoms with Gasteiger partial charge in [-0.2, -0.15) is 0 Å². The van der Waals surface area contributed by atoms with E-state index < -0.39 is 0 Å². The van der Waals surface area contributed by atoms with E-state index >= 15 is 0 Å². The van der Waals surface area contributed by atoms with Gasteiger partial charge in [0.15, 0.2) is 0 Å². The van der Waals surface area contributed by atoms with Gasteiger partial charge < -0.3 is 5.32 Å². The number of aryl methyl sites for hydroxylation is 2. The molecular formula is C15H22BrN3O. The Morgan fingerprint density at radius 1 is 1.20 bits per heavy atom. The Kier molecular flexibility index (Phi) is 4.70. The Morgan fingerprint density at radius 2 is 1.80 bits per heavy atom. The molecule has 0 spiro atoms. The average molecular weight is 340 g/mol. The maximum atomic E-state index is 12.0. The molecule has 0 bridgehead atoms. The van der Waals surface area contributed by atoms with Crippen molar-refractivity contribution in [2.24, 2.45) is 14.1 Å². The highest BCUT2D eigenvalue weighted by atomic mass is 79.9. The first-order valence-corrected chi connectivity index (χ1v) is 7.88. The lowest BCUT2D eigenvalue weighted by molar-refractivity contribution is 0.517. The highest BCUT2D eigenvalue weighted by molar-refractivity contribution is 9.10. The van der Waals surface area contributed by atoms with E-state index in [9.17, 15) is 4.79 Å². The average Bonchev–Trinajstić information content (AvgIpc) is 2.65. The number of aromatic nitrogens is 2. The summed E-state index contributed by atoms with van der Waals surface area (Å²) in [4.78, 5) is 12.0. The summed E-state index contributed by atoms with van der Waals surface area (Å²) < 4.78 is 4.45. The standard InChI is InChI=1S/C15H22BrN3O/c1-5-7-17-12(6-2)10-8-13-14(9-11(10)16)19(4)15(20)18(13)3/h8-9,12,17H,5-7H2,1-4H3. The second-order valence-electron chi connectivity index (χ2n) is 5.18. The molecule has 0 aliphatic heterocycles. The number of fused-ring (bicyclic) bond motifs is 1. The van der Waals surface area contributed by atoms with Crippen LogP contribution >= 0.6 is 15.9 Å². The third-order valence-electron chi connectivity index (χ3n) is 3.81. The first-order valence-electron chi connectivity index (χ1n) is 7.09. The zero-order valence-corrected chi connectivity index (χ0v) is 14.1. The second kappa shape index (κ2) is 6.14. The Morgan fingerprint density at radius 3 is 2.35 bits per heavy atom. The molecule has 0 saturated carbocycles. The maximum Gasteiger partial charge on any atom is 0.328 e. The number of imidazole rings is 1. The summed E-state index contributed by atoms with van der Waals surface area (Å²) in [5, 5.41) is 3.56. The van der Waals surface area contributed by atoms with Gasteiger partial charge in [0.25, 0.3) is 0 Å². The van der Waals surface area contributed by atoms with Gasteiger partial charge in [-0.15, -0.1) is 0 Å². The quantitative estimate of drug-likeness (QED) is 0.909. The van der Waals surface area contributed by atoms with Crippen molar-refractivity contribution in [3.8, 4) is 0 Å². The van der Waals surface area contributed by atoms with Crippen LogP contribution in [0.15, 0.2) is 21.4 Å². The third-order valence-corrected chi connectivity index (χ3v) is 4.50. The molecule has 20 heavy (non-hydrogen) atoms. The van der Waals surface area contributed by atoms with Crippen molar-refractivity contribution in [1.82, 2.24) is 14.5 Å². The number of halogens is 1. The van der Waals surface area contributed by atoms with Gasteiger partial charge in [-0.25, -0.2) is 4.79 Å². The third kappa shape index (κ3) is 2.56. The molecule has 4 nitrogen and oxygen atoms in total. The van der Waals surface area contributed by atoms with E-state index in [-0.39, 0.29) is 5.69 Å². The van der Waals surface area contributed by atoms with Crippen molar-refractivity contribution >= 4 is 27.0 Å². The Bertz CT molecular complexity index is 672. The lowest BCUT2D eigenvalue weighted by Crippen LogP contribution is -2.22. The van der Waals surface area contributed by atoms with Crippen molar-refractivity contribution in [1.29, 1.82) is 0 Å². The summed E-state index contributed by atoms with van der Waals surface area (Å²) >= 11 is 3.65. The molecule has 0 aliphatic rings. The number of hydrogen-bond acceptors (Lipinski definition) is 2. The summed E-state index contributed by atoms with van der Waals surface area (Å²) in [5.41, 5.74) is 3.17. The molecule has 0 saturated heterocycles. The first kappa shape index (κ1) is 15.3. The van der Waals surface area contributed by atoms with Crippen LogP contribution in [0, 0.1) is 0 Å². The van der Waals surface area contributed by atoms with E-state index in [0.717, 1.165) is 34.9 Å². The SMILES string of the molecule is CCCNC(CC)c1cc2c(cc1Br)n(C)c(=O)n2C. The highest BCUT2D eigenvalue weighted by Crippen LogP contribution is 2.29. The van der Waals surface area contributed by atoms with E-state index in [4.69, 9.17) is 0 Å². The zero-order valence-electron chi connectivity index (χ0n) is 12.5. The van der Waals surface area contributed by atoms with E-state index in [1.807, 2.05) is 20.2 Å². The molecule has 1 unspecified atom stereocenters. The second-order valence-corrected chi connectivity index (χ2v) is 6.03. The van der Waals surface area contributed by atoms with E-state index in [2.05, 4.69) is 41.2 Å². The molecule has 0 amide bonds. The molecule has 5 heteroatoms. The number of benzene rings is 1. The van der Waals surface area contributed by atoms with Crippen LogP contribution in [-0.2, 0) is 14.1 Å². The summed E-state index contributed by atoms with van der Waals surface area (Å²) in [6, 6.07) is 4.48. The number of nitrogens with zero attached hydrogens (tertiary/aromatic N) is 2. The molecule has 0 aliphatic carbocycles. The number of hydrogen-bond donors (Lipinski definition) is 1. The molecule has 1 atom stereocenters. The zero-order chi connectivity index (χ0) is 14.9. The van der Waals surface area contributed by atoms with Crippen molar-refractivity contribution in [2.45, 2.75) is 32.7 Å². The topological polar surface area (TPSA) is 39.0 Å². The Labute approximate surface area is 127 Å². The molecule has 0 radical (unpaired) electrons. The van der Waals surface area contributed by atoms with Crippen LogP contribution in [0.4, 0.5) is 0 Å². The molecule has 0 fully saturated rings. The normalized spacial score (nSPS) is 13.1. The van der Waals surface area contributed by atoms with Crippen LogP contribution in [0.3, 0.4) is 0 Å². The van der Waals surface area contributed by atoms with Crippen molar-refractivity contribution in [2.75, 3.05) is 6.54 Å². The van der Waals surface area contributed by atoms with Crippen LogP contribution in [0.2, 0.25) is 0 Å². The summed E-state index contributed by atoms with van der Waals surface area (Å²) in [6.07, 6.45) is 2.13. The lowest BCUT2D eigenvalue weighted by atomic mass is 10.0. The molecule has 1 aromatic heterocycles. The molecule has 2 aromatic rings. The van der Waals surface area contributed by atoms with Gasteiger partial charge in [-0.05, 0) is 37.1 Å².